The smallest absolute Gasteiger partial charge is 0.262 e. The van der Waals surface area contributed by atoms with Gasteiger partial charge in [0.05, 0.1) is 10.9 Å². The Morgan fingerprint density at radius 1 is 1.00 bits per heavy atom. The van der Waals surface area contributed by atoms with Crippen LogP contribution < -0.4 is 14.8 Å². The second kappa shape index (κ2) is 9.74. The minimum absolute atomic E-state index is 0.0783. The molecule has 4 rings (SSSR count). The summed E-state index contributed by atoms with van der Waals surface area (Å²) in [5.74, 6) is 0.460. The number of ether oxygens (including phenoxy) is 1. The van der Waals surface area contributed by atoms with E-state index in [1.54, 1.807) is 31.2 Å². The lowest BCUT2D eigenvalue weighted by molar-refractivity contribution is 0.0227. The van der Waals surface area contributed by atoms with E-state index in [9.17, 15) is 13.2 Å². The molecule has 2 N–H and O–H groups in total. The number of carbonyl (C=O) groups excluding carboxylic acids is 1. The fraction of sp³-hybridized carbons (Fsp3) is 0.321. The first kappa shape index (κ1) is 24.8. The number of hydrogen-bond donors (Lipinski definition) is 2. The summed E-state index contributed by atoms with van der Waals surface area (Å²) in [6.07, 6.45) is 2.29. The largest absolute Gasteiger partial charge is 0.487 e. The van der Waals surface area contributed by atoms with Gasteiger partial charge in [0.2, 0.25) is 0 Å². The molecule has 0 saturated carbocycles. The molecule has 6 nitrogen and oxygen atoms in total. The lowest BCUT2D eigenvalue weighted by Crippen LogP contribution is -2.44. The van der Waals surface area contributed by atoms with Crippen molar-refractivity contribution in [1.82, 2.24) is 5.32 Å². The number of sulfonamides is 1. The van der Waals surface area contributed by atoms with Crippen molar-refractivity contribution >= 4 is 21.6 Å². The molecule has 35 heavy (non-hydrogen) atoms. The van der Waals surface area contributed by atoms with E-state index >= 15 is 0 Å². The van der Waals surface area contributed by atoms with Gasteiger partial charge in [-0.2, -0.15) is 0 Å². The highest BCUT2D eigenvalue weighted by molar-refractivity contribution is 7.92. The topological polar surface area (TPSA) is 84.5 Å². The van der Waals surface area contributed by atoms with Gasteiger partial charge in [-0.15, -0.1) is 0 Å². The number of aryl methyl sites for hydroxylation is 2. The Morgan fingerprint density at radius 3 is 2.37 bits per heavy atom. The molecule has 0 bridgehead atoms. The van der Waals surface area contributed by atoms with Crippen molar-refractivity contribution in [2.75, 3.05) is 4.72 Å². The lowest BCUT2D eigenvalue weighted by atomic mass is 9.83. The van der Waals surface area contributed by atoms with E-state index in [1.165, 1.54) is 6.07 Å². The SMILES string of the molecule is CCC1(CC)CC(NC(=O)c2ccc(C)c(S(=O)(=O)Nc3ccc(C)cc3)c2)c2ccccc2O1. The van der Waals surface area contributed by atoms with E-state index in [1.807, 2.05) is 43.3 Å². The summed E-state index contributed by atoms with van der Waals surface area (Å²) in [5, 5.41) is 3.13. The minimum atomic E-state index is -3.87. The molecule has 0 aliphatic carbocycles. The Bertz CT molecular complexity index is 1330. The fourth-order valence-electron chi connectivity index (χ4n) is 4.53. The van der Waals surface area contributed by atoms with Crippen LogP contribution in [0, 0.1) is 13.8 Å². The zero-order chi connectivity index (χ0) is 25.2. The fourth-order valence-corrected chi connectivity index (χ4v) is 5.86. The highest BCUT2D eigenvalue weighted by Crippen LogP contribution is 2.42. The number of nitrogens with one attached hydrogen (secondary N) is 2. The molecule has 0 fully saturated rings. The number of rotatable bonds is 7. The average Bonchev–Trinajstić information content (AvgIpc) is 2.85. The standard InChI is InChI=1S/C28H32N2O4S/c1-5-28(6-2)18-24(23-9-7-8-10-25(23)34-28)29-27(31)21-14-13-20(4)26(17-21)35(32,33)30-22-15-11-19(3)12-16-22/h7-17,24,30H,5-6,18H2,1-4H3,(H,29,31). The van der Waals surface area contributed by atoms with E-state index in [2.05, 4.69) is 23.9 Å². The monoisotopic (exact) mass is 492 g/mol. The van der Waals surface area contributed by atoms with E-state index < -0.39 is 10.0 Å². The summed E-state index contributed by atoms with van der Waals surface area (Å²) in [7, 11) is -3.87. The number of carbonyl (C=O) groups is 1. The molecular weight excluding hydrogens is 460 g/mol. The summed E-state index contributed by atoms with van der Waals surface area (Å²) >= 11 is 0. The molecule has 3 aromatic rings. The predicted molar refractivity (Wildman–Crippen MR) is 138 cm³/mol. The van der Waals surface area contributed by atoms with Gasteiger partial charge in [0, 0.05) is 23.2 Å². The highest BCUT2D eigenvalue weighted by atomic mass is 32.2. The van der Waals surface area contributed by atoms with Crippen molar-refractivity contribution in [3.8, 4) is 5.75 Å². The number of fused-ring (bicyclic) bond motifs is 1. The number of benzene rings is 3. The van der Waals surface area contributed by atoms with Gasteiger partial charge in [0.25, 0.3) is 15.9 Å². The van der Waals surface area contributed by atoms with Crippen molar-refractivity contribution in [1.29, 1.82) is 0 Å². The molecule has 1 unspecified atom stereocenters. The van der Waals surface area contributed by atoms with Gasteiger partial charge in [-0.3, -0.25) is 9.52 Å². The Kier molecular flexibility index (Phi) is 6.90. The quantitative estimate of drug-likeness (QED) is 0.429. The first-order chi connectivity index (χ1) is 16.7. The van der Waals surface area contributed by atoms with Gasteiger partial charge in [-0.05, 0) is 62.6 Å². The van der Waals surface area contributed by atoms with Crippen molar-refractivity contribution in [2.24, 2.45) is 0 Å². The van der Waals surface area contributed by atoms with Crippen LogP contribution in [0.5, 0.6) is 5.75 Å². The Hall–Kier alpha value is -3.32. The average molecular weight is 493 g/mol. The second-order valence-corrected chi connectivity index (χ2v) is 10.9. The normalized spacial score (nSPS) is 16.6. The van der Waals surface area contributed by atoms with Crippen LogP contribution in [0.1, 0.15) is 66.2 Å². The van der Waals surface area contributed by atoms with E-state index in [0.717, 1.165) is 29.7 Å². The lowest BCUT2D eigenvalue weighted by Gasteiger charge is -2.41. The van der Waals surface area contributed by atoms with E-state index in [-0.39, 0.29) is 22.4 Å². The molecule has 1 atom stereocenters. The number of amides is 1. The summed E-state index contributed by atoms with van der Waals surface area (Å²) in [4.78, 5) is 13.4. The van der Waals surface area contributed by atoms with Crippen LogP contribution in [-0.4, -0.2) is 19.9 Å². The Morgan fingerprint density at radius 2 is 1.69 bits per heavy atom. The van der Waals surface area contributed by atoms with Crippen LogP contribution in [0.2, 0.25) is 0 Å². The third-order valence-electron chi connectivity index (χ3n) is 6.83. The maximum Gasteiger partial charge on any atom is 0.262 e. The van der Waals surface area contributed by atoms with Gasteiger partial charge in [0.15, 0.2) is 0 Å². The highest BCUT2D eigenvalue weighted by Gasteiger charge is 2.39. The maximum absolute atomic E-state index is 13.3. The molecule has 0 radical (unpaired) electrons. The van der Waals surface area contributed by atoms with Gasteiger partial charge < -0.3 is 10.1 Å². The molecule has 1 amide bonds. The second-order valence-electron chi connectivity index (χ2n) is 9.21. The molecule has 0 spiro atoms. The van der Waals surface area contributed by atoms with Crippen LogP contribution in [0.3, 0.4) is 0 Å². The van der Waals surface area contributed by atoms with Crippen LogP contribution in [0.4, 0.5) is 5.69 Å². The molecule has 184 valence electrons. The molecule has 7 heteroatoms. The van der Waals surface area contributed by atoms with E-state index in [0.29, 0.717) is 23.2 Å². The molecule has 1 aliphatic heterocycles. The zero-order valence-electron chi connectivity index (χ0n) is 20.6. The Labute approximate surface area is 207 Å². The van der Waals surface area contributed by atoms with Crippen molar-refractivity contribution in [3.63, 3.8) is 0 Å². The van der Waals surface area contributed by atoms with Gasteiger partial charge in [-0.25, -0.2) is 8.42 Å². The summed E-state index contributed by atoms with van der Waals surface area (Å²) in [6.45, 7) is 7.84. The van der Waals surface area contributed by atoms with Crippen molar-refractivity contribution in [3.05, 3.63) is 89.0 Å². The number of para-hydroxylation sites is 1. The minimum Gasteiger partial charge on any atom is -0.487 e. The molecule has 1 aliphatic rings. The maximum atomic E-state index is 13.3. The number of hydrogen-bond acceptors (Lipinski definition) is 4. The number of anilines is 1. The van der Waals surface area contributed by atoms with E-state index in [4.69, 9.17) is 4.74 Å². The van der Waals surface area contributed by atoms with Gasteiger partial charge >= 0.3 is 0 Å². The summed E-state index contributed by atoms with van der Waals surface area (Å²) in [5.41, 5.74) is 2.94. The van der Waals surface area contributed by atoms with Crippen molar-refractivity contribution < 1.29 is 17.9 Å². The third kappa shape index (κ3) is 5.20. The van der Waals surface area contributed by atoms with Crippen LogP contribution in [0.15, 0.2) is 71.6 Å². The summed E-state index contributed by atoms with van der Waals surface area (Å²) in [6, 6.07) is 19.4. The summed E-state index contributed by atoms with van der Waals surface area (Å²) < 4.78 is 35.2. The first-order valence-electron chi connectivity index (χ1n) is 12.0. The van der Waals surface area contributed by atoms with Gasteiger partial charge in [0.1, 0.15) is 11.4 Å². The molecule has 0 saturated heterocycles. The zero-order valence-corrected chi connectivity index (χ0v) is 21.4. The van der Waals surface area contributed by atoms with Crippen molar-refractivity contribution in [2.45, 2.75) is 63.5 Å². The molecular formula is C28H32N2O4S. The first-order valence-corrected chi connectivity index (χ1v) is 13.4. The predicted octanol–water partition coefficient (Wildman–Crippen LogP) is 5.92. The molecule has 0 aromatic heterocycles. The third-order valence-corrected chi connectivity index (χ3v) is 8.36. The van der Waals surface area contributed by atoms with Gasteiger partial charge in [-0.1, -0.05) is 55.8 Å². The molecule has 3 aromatic carbocycles. The molecule has 1 heterocycles. The van der Waals surface area contributed by atoms with Crippen LogP contribution in [0.25, 0.3) is 0 Å². The van der Waals surface area contributed by atoms with Crippen LogP contribution >= 0.6 is 0 Å². The van der Waals surface area contributed by atoms with Crippen LogP contribution in [-0.2, 0) is 10.0 Å². The Balaban J connectivity index is 1.61.